The highest BCUT2D eigenvalue weighted by atomic mass is 16.1. The van der Waals surface area contributed by atoms with E-state index in [1.807, 2.05) is 6.07 Å². The number of anilines is 1. The van der Waals surface area contributed by atoms with Gasteiger partial charge in [0.2, 0.25) is 0 Å². The molecule has 1 amide bonds. The molecule has 5 nitrogen and oxygen atoms in total. The molecule has 1 saturated heterocycles. The Hall–Kier alpha value is -1.62. The second-order valence-corrected chi connectivity index (χ2v) is 4.20. The maximum atomic E-state index is 11.8. The van der Waals surface area contributed by atoms with Crippen molar-refractivity contribution in [1.29, 1.82) is 0 Å². The topological polar surface area (TPSA) is 57.3 Å². The average molecular weight is 234 g/mol. The minimum atomic E-state index is -0.0844. The summed E-state index contributed by atoms with van der Waals surface area (Å²) in [4.78, 5) is 18.3. The van der Waals surface area contributed by atoms with Crippen molar-refractivity contribution in [1.82, 2.24) is 15.6 Å². The van der Waals surface area contributed by atoms with Crippen LogP contribution >= 0.6 is 0 Å². The highest BCUT2D eigenvalue weighted by Crippen LogP contribution is 2.20. The highest BCUT2D eigenvalue weighted by Gasteiger charge is 2.23. The van der Waals surface area contributed by atoms with Gasteiger partial charge in [-0.25, -0.2) is 4.98 Å². The first-order valence-electron chi connectivity index (χ1n) is 5.88. The van der Waals surface area contributed by atoms with E-state index >= 15 is 0 Å². The lowest BCUT2D eigenvalue weighted by atomic mass is 10.1. The third-order valence-corrected chi connectivity index (χ3v) is 3.03. The summed E-state index contributed by atoms with van der Waals surface area (Å²) in [5.41, 5.74) is 0.642. The summed E-state index contributed by atoms with van der Waals surface area (Å²) in [6, 6.07) is 3.96. The Morgan fingerprint density at radius 1 is 1.65 bits per heavy atom. The zero-order valence-corrected chi connectivity index (χ0v) is 10.2. The van der Waals surface area contributed by atoms with Gasteiger partial charge in [-0.15, -0.1) is 0 Å². The molecule has 2 heterocycles. The van der Waals surface area contributed by atoms with Gasteiger partial charge in [0.15, 0.2) is 0 Å². The molecule has 2 rings (SSSR count). The Morgan fingerprint density at radius 2 is 2.47 bits per heavy atom. The normalized spacial score (nSPS) is 20.1. The molecule has 0 saturated carbocycles. The zero-order valence-electron chi connectivity index (χ0n) is 10.2. The summed E-state index contributed by atoms with van der Waals surface area (Å²) in [7, 11) is 1.64. The fourth-order valence-corrected chi connectivity index (χ4v) is 2.09. The predicted molar refractivity (Wildman–Crippen MR) is 67.3 cm³/mol. The van der Waals surface area contributed by atoms with E-state index in [0.29, 0.717) is 11.6 Å². The van der Waals surface area contributed by atoms with E-state index in [9.17, 15) is 4.79 Å². The number of nitrogens with one attached hydrogen (secondary N) is 2. The van der Waals surface area contributed by atoms with Crippen LogP contribution in [0.4, 0.5) is 5.82 Å². The molecule has 17 heavy (non-hydrogen) atoms. The molecule has 1 fully saturated rings. The Morgan fingerprint density at radius 3 is 3.18 bits per heavy atom. The average Bonchev–Trinajstić information content (AvgIpc) is 2.38. The van der Waals surface area contributed by atoms with E-state index in [1.165, 1.54) is 0 Å². The van der Waals surface area contributed by atoms with Crippen LogP contribution in [0.1, 0.15) is 17.3 Å². The number of amides is 1. The van der Waals surface area contributed by atoms with Crippen LogP contribution in [0.5, 0.6) is 0 Å². The largest absolute Gasteiger partial charge is 0.355 e. The molecule has 0 aromatic carbocycles. The number of piperazine rings is 1. The molecule has 0 spiro atoms. The molecule has 0 aliphatic carbocycles. The molecule has 1 aliphatic heterocycles. The summed E-state index contributed by atoms with van der Waals surface area (Å²) in [6.07, 6.45) is 1.73. The van der Waals surface area contributed by atoms with Crippen LogP contribution in [0.2, 0.25) is 0 Å². The van der Waals surface area contributed by atoms with Crippen LogP contribution in [-0.2, 0) is 0 Å². The first-order chi connectivity index (χ1) is 8.24. The number of aromatic nitrogens is 1. The fraction of sp³-hybridized carbons (Fsp3) is 0.500. The highest BCUT2D eigenvalue weighted by molar-refractivity contribution is 5.98. The van der Waals surface area contributed by atoms with E-state index in [4.69, 9.17) is 0 Å². The Balaban J connectivity index is 2.33. The van der Waals surface area contributed by atoms with Crippen molar-refractivity contribution >= 4 is 11.7 Å². The summed E-state index contributed by atoms with van der Waals surface area (Å²) in [5, 5.41) is 5.98. The van der Waals surface area contributed by atoms with Gasteiger partial charge in [0.05, 0.1) is 5.56 Å². The van der Waals surface area contributed by atoms with Crippen LogP contribution in [0.25, 0.3) is 0 Å². The van der Waals surface area contributed by atoms with Crippen molar-refractivity contribution in [3.8, 4) is 0 Å². The second kappa shape index (κ2) is 5.14. The molecule has 0 radical (unpaired) electrons. The molecular formula is C12H18N4O. The molecule has 1 aromatic rings. The number of carbonyl (C=O) groups excluding carboxylic acids is 1. The number of hydrogen-bond donors (Lipinski definition) is 2. The van der Waals surface area contributed by atoms with Gasteiger partial charge in [0.1, 0.15) is 5.82 Å². The Bertz CT molecular complexity index is 407. The van der Waals surface area contributed by atoms with Gasteiger partial charge >= 0.3 is 0 Å². The lowest BCUT2D eigenvalue weighted by Gasteiger charge is -2.35. The number of carbonyl (C=O) groups is 1. The number of pyridine rings is 1. The summed E-state index contributed by atoms with van der Waals surface area (Å²) in [5.74, 6) is 0.694. The van der Waals surface area contributed by atoms with Crippen molar-refractivity contribution in [3.63, 3.8) is 0 Å². The van der Waals surface area contributed by atoms with Gasteiger partial charge in [-0.05, 0) is 19.1 Å². The molecule has 1 atom stereocenters. The Kier molecular flexibility index (Phi) is 3.58. The van der Waals surface area contributed by atoms with E-state index < -0.39 is 0 Å². The van der Waals surface area contributed by atoms with Crippen molar-refractivity contribution in [2.45, 2.75) is 13.0 Å². The van der Waals surface area contributed by atoms with E-state index in [-0.39, 0.29) is 5.91 Å². The summed E-state index contributed by atoms with van der Waals surface area (Å²) in [6.45, 7) is 4.86. The molecular weight excluding hydrogens is 216 g/mol. The number of hydrogen-bond acceptors (Lipinski definition) is 4. The van der Waals surface area contributed by atoms with Crippen LogP contribution < -0.4 is 15.5 Å². The number of nitrogens with zero attached hydrogens (tertiary/aromatic N) is 2. The molecule has 0 bridgehead atoms. The predicted octanol–water partition coefficient (Wildman–Crippen LogP) is 0.239. The van der Waals surface area contributed by atoms with Crippen molar-refractivity contribution in [2.75, 3.05) is 31.6 Å². The van der Waals surface area contributed by atoms with Gasteiger partial charge < -0.3 is 15.5 Å². The van der Waals surface area contributed by atoms with Crippen LogP contribution in [-0.4, -0.2) is 43.6 Å². The minimum absolute atomic E-state index is 0.0844. The van der Waals surface area contributed by atoms with Crippen molar-refractivity contribution in [3.05, 3.63) is 23.9 Å². The van der Waals surface area contributed by atoms with Gasteiger partial charge in [-0.1, -0.05) is 0 Å². The lowest BCUT2D eigenvalue weighted by Crippen LogP contribution is -2.50. The molecule has 5 heteroatoms. The zero-order chi connectivity index (χ0) is 12.3. The quantitative estimate of drug-likeness (QED) is 0.769. The Labute approximate surface area is 101 Å². The standard InChI is InChI=1S/C12H18N4O/c1-9-8-14-6-7-16(9)11-10(12(17)13-2)4-3-5-15-11/h3-5,9,14H,6-8H2,1-2H3,(H,13,17)/t9-/m1/s1. The summed E-state index contributed by atoms with van der Waals surface area (Å²) < 4.78 is 0. The summed E-state index contributed by atoms with van der Waals surface area (Å²) >= 11 is 0. The molecule has 2 N–H and O–H groups in total. The van der Waals surface area contributed by atoms with E-state index in [2.05, 4.69) is 27.4 Å². The van der Waals surface area contributed by atoms with Gasteiger partial charge in [-0.2, -0.15) is 0 Å². The maximum absolute atomic E-state index is 11.8. The van der Waals surface area contributed by atoms with Gasteiger partial charge in [-0.3, -0.25) is 4.79 Å². The third-order valence-electron chi connectivity index (χ3n) is 3.03. The molecule has 92 valence electrons. The smallest absolute Gasteiger partial charge is 0.254 e. The van der Waals surface area contributed by atoms with E-state index in [0.717, 1.165) is 25.5 Å². The second-order valence-electron chi connectivity index (χ2n) is 4.20. The first kappa shape index (κ1) is 11.9. The van der Waals surface area contributed by atoms with Gasteiger partial charge in [0, 0.05) is 38.9 Å². The minimum Gasteiger partial charge on any atom is -0.355 e. The molecule has 0 unspecified atom stereocenters. The van der Waals surface area contributed by atoms with Crippen LogP contribution in [0.3, 0.4) is 0 Å². The third kappa shape index (κ3) is 2.39. The van der Waals surface area contributed by atoms with E-state index in [1.54, 1.807) is 19.3 Å². The molecule has 1 aliphatic rings. The fourth-order valence-electron chi connectivity index (χ4n) is 2.09. The van der Waals surface area contributed by atoms with Gasteiger partial charge in [0.25, 0.3) is 5.91 Å². The molecule has 1 aromatic heterocycles. The van der Waals surface area contributed by atoms with Crippen LogP contribution in [0.15, 0.2) is 18.3 Å². The monoisotopic (exact) mass is 234 g/mol. The van der Waals surface area contributed by atoms with Crippen molar-refractivity contribution < 1.29 is 4.79 Å². The first-order valence-corrected chi connectivity index (χ1v) is 5.88. The SMILES string of the molecule is CNC(=O)c1cccnc1N1CCNC[C@H]1C. The van der Waals surface area contributed by atoms with Crippen molar-refractivity contribution in [2.24, 2.45) is 0 Å². The van der Waals surface area contributed by atoms with Crippen LogP contribution in [0, 0.1) is 0 Å². The maximum Gasteiger partial charge on any atom is 0.254 e. The number of rotatable bonds is 2. The lowest BCUT2D eigenvalue weighted by molar-refractivity contribution is 0.0963.